The van der Waals surface area contributed by atoms with Crippen LogP contribution in [0, 0.1) is 21.3 Å². The van der Waals surface area contributed by atoms with Gasteiger partial charge >= 0.3 is 0 Å². The van der Waals surface area contributed by atoms with Crippen molar-refractivity contribution in [3.05, 3.63) is 39.2 Å². The molecule has 2 aliphatic carbocycles. The molecule has 5 nitrogen and oxygen atoms in total. The number of carbonyl (C=O) groups excluding carboxylic acids is 1. The van der Waals surface area contributed by atoms with Gasteiger partial charge in [-0.25, -0.2) is 4.39 Å². The third kappa shape index (κ3) is 2.05. The highest BCUT2D eigenvalue weighted by atomic mass is 19.1. The normalized spacial score (nSPS) is 27.9. The molecule has 0 aromatic heterocycles. The van der Waals surface area contributed by atoms with E-state index >= 15 is 0 Å². The maximum atomic E-state index is 14.0. The van der Waals surface area contributed by atoms with E-state index in [9.17, 15) is 19.3 Å². The summed E-state index contributed by atoms with van der Waals surface area (Å²) in [6, 6.07) is 2.18. The van der Waals surface area contributed by atoms with Gasteiger partial charge in [-0.15, -0.1) is 0 Å². The predicted octanol–water partition coefficient (Wildman–Crippen LogP) is 3.05. The summed E-state index contributed by atoms with van der Waals surface area (Å²) >= 11 is 0. The molecule has 1 saturated carbocycles. The van der Waals surface area contributed by atoms with E-state index in [1.165, 1.54) is 0 Å². The van der Waals surface area contributed by atoms with E-state index in [4.69, 9.17) is 4.74 Å². The standard InChI is InChI=1S/C15H16FNO4/c1-21-9-4-6-15(7-5-9)8-10-11(16)2-3-12(17(19)20)13(10)14(15)18/h2-3,9H,4-8H2,1H3. The highest BCUT2D eigenvalue weighted by molar-refractivity contribution is 6.08. The smallest absolute Gasteiger partial charge is 0.280 e. The number of ketones is 1. The fraction of sp³-hybridized carbons (Fsp3) is 0.533. The second kappa shape index (κ2) is 4.87. The van der Waals surface area contributed by atoms with Gasteiger partial charge in [0.1, 0.15) is 11.4 Å². The molecule has 0 N–H and O–H groups in total. The number of carbonyl (C=O) groups is 1. The van der Waals surface area contributed by atoms with Crippen LogP contribution in [0.3, 0.4) is 0 Å². The van der Waals surface area contributed by atoms with E-state index in [1.807, 2.05) is 0 Å². The summed E-state index contributed by atoms with van der Waals surface area (Å²) in [5.41, 5.74) is -0.757. The summed E-state index contributed by atoms with van der Waals surface area (Å²) in [5, 5.41) is 11.1. The molecule has 0 atom stereocenters. The van der Waals surface area contributed by atoms with E-state index in [-0.39, 0.29) is 35.1 Å². The summed E-state index contributed by atoms with van der Waals surface area (Å²) in [6.45, 7) is 0. The molecule has 6 heteroatoms. The zero-order chi connectivity index (χ0) is 15.2. The zero-order valence-electron chi connectivity index (χ0n) is 11.7. The number of hydrogen-bond donors (Lipinski definition) is 0. The van der Waals surface area contributed by atoms with Crippen molar-refractivity contribution in [3.63, 3.8) is 0 Å². The largest absolute Gasteiger partial charge is 0.381 e. The Balaban J connectivity index is 2.01. The van der Waals surface area contributed by atoms with E-state index < -0.39 is 16.2 Å². The molecule has 0 saturated heterocycles. The number of halogens is 1. The number of fused-ring (bicyclic) bond motifs is 1. The second-order valence-electron chi connectivity index (χ2n) is 5.90. The van der Waals surface area contributed by atoms with Gasteiger partial charge in [0.15, 0.2) is 5.78 Å². The van der Waals surface area contributed by atoms with Crippen molar-refractivity contribution in [1.82, 2.24) is 0 Å². The molecule has 112 valence electrons. The minimum atomic E-state index is -0.676. The molecule has 0 radical (unpaired) electrons. The fourth-order valence-corrected chi connectivity index (χ4v) is 3.66. The van der Waals surface area contributed by atoms with Crippen molar-refractivity contribution >= 4 is 11.5 Å². The zero-order valence-corrected chi connectivity index (χ0v) is 11.7. The SMILES string of the molecule is COC1CCC2(CC1)Cc1c(F)ccc([N+](=O)[O-])c1C2=O. The summed E-state index contributed by atoms with van der Waals surface area (Å²) in [5.74, 6) is -0.784. The van der Waals surface area contributed by atoms with Crippen LogP contribution in [-0.4, -0.2) is 23.9 Å². The molecule has 0 bridgehead atoms. The molecule has 1 spiro atoms. The van der Waals surface area contributed by atoms with Gasteiger partial charge in [-0.1, -0.05) is 0 Å². The first-order valence-electron chi connectivity index (χ1n) is 7.02. The average molecular weight is 293 g/mol. The number of ether oxygens (including phenoxy) is 1. The summed E-state index contributed by atoms with van der Waals surface area (Å²) in [4.78, 5) is 23.2. The van der Waals surface area contributed by atoms with Crippen LogP contribution < -0.4 is 0 Å². The lowest BCUT2D eigenvalue weighted by Gasteiger charge is -2.35. The van der Waals surface area contributed by atoms with E-state index in [0.717, 1.165) is 25.0 Å². The number of nitro groups is 1. The minimum Gasteiger partial charge on any atom is -0.381 e. The van der Waals surface area contributed by atoms with Crippen molar-refractivity contribution in [2.45, 2.75) is 38.2 Å². The van der Waals surface area contributed by atoms with E-state index in [2.05, 4.69) is 0 Å². The average Bonchev–Trinajstić information content (AvgIpc) is 2.75. The molecule has 2 aliphatic rings. The van der Waals surface area contributed by atoms with E-state index in [1.54, 1.807) is 7.11 Å². The van der Waals surface area contributed by atoms with Crippen molar-refractivity contribution in [3.8, 4) is 0 Å². The van der Waals surface area contributed by atoms with Gasteiger partial charge in [0.2, 0.25) is 0 Å². The Morgan fingerprint density at radius 2 is 2.05 bits per heavy atom. The molecular weight excluding hydrogens is 277 g/mol. The van der Waals surface area contributed by atoms with E-state index in [0.29, 0.717) is 12.8 Å². The van der Waals surface area contributed by atoms with Crippen molar-refractivity contribution in [2.24, 2.45) is 5.41 Å². The minimum absolute atomic E-state index is 0.0177. The Bertz CT molecular complexity index is 620. The molecule has 0 unspecified atom stereocenters. The highest BCUT2D eigenvalue weighted by Crippen LogP contribution is 2.50. The lowest BCUT2D eigenvalue weighted by molar-refractivity contribution is -0.385. The molecule has 21 heavy (non-hydrogen) atoms. The second-order valence-corrected chi connectivity index (χ2v) is 5.90. The molecule has 3 rings (SSSR count). The first kappa shape index (κ1) is 14.1. The van der Waals surface area contributed by atoms with Crippen molar-refractivity contribution in [1.29, 1.82) is 0 Å². The quantitative estimate of drug-likeness (QED) is 0.620. The Hall–Kier alpha value is -1.82. The van der Waals surface area contributed by atoms with Gasteiger partial charge in [-0.2, -0.15) is 0 Å². The van der Waals surface area contributed by atoms with Gasteiger partial charge in [0, 0.05) is 24.2 Å². The topological polar surface area (TPSA) is 69.4 Å². The Morgan fingerprint density at radius 1 is 1.38 bits per heavy atom. The fourth-order valence-electron chi connectivity index (χ4n) is 3.66. The molecule has 1 aromatic rings. The van der Waals surface area contributed by atoms with Crippen LogP contribution >= 0.6 is 0 Å². The first-order chi connectivity index (χ1) is 9.98. The lowest BCUT2D eigenvalue weighted by atomic mass is 9.70. The van der Waals surface area contributed by atoms with Crippen molar-refractivity contribution < 1.29 is 18.8 Å². The van der Waals surface area contributed by atoms with Crippen LogP contribution in [0.15, 0.2) is 12.1 Å². The molecule has 0 amide bonds. The third-order valence-corrected chi connectivity index (χ3v) is 4.88. The van der Waals surface area contributed by atoms with Crippen LogP contribution in [0.2, 0.25) is 0 Å². The number of nitrogens with zero attached hydrogens (tertiary/aromatic N) is 1. The number of nitro benzene ring substituents is 1. The number of rotatable bonds is 2. The summed E-state index contributed by atoms with van der Waals surface area (Å²) in [6.07, 6.45) is 3.03. The maximum Gasteiger partial charge on any atom is 0.280 e. The predicted molar refractivity (Wildman–Crippen MR) is 72.8 cm³/mol. The highest BCUT2D eigenvalue weighted by Gasteiger charge is 2.51. The molecule has 1 aromatic carbocycles. The molecule has 0 aliphatic heterocycles. The van der Waals surface area contributed by atoms with Gasteiger partial charge in [0.05, 0.1) is 11.0 Å². The van der Waals surface area contributed by atoms with Crippen molar-refractivity contribution in [2.75, 3.05) is 7.11 Å². The Kier molecular flexibility index (Phi) is 3.28. The first-order valence-corrected chi connectivity index (χ1v) is 7.02. The molecular formula is C15H16FNO4. The summed E-state index contributed by atoms with van der Waals surface area (Å²) < 4.78 is 19.3. The van der Waals surface area contributed by atoms with Crippen LogP contribution in [0.1, 0.15) is 41.6 Å². The Morgan fingerprint density at radius 3 is 2.62 bits per heavy atom. The van der Waals surface area contributed by atoms with Gasteiger partial charge in [-0.05, 0) is 38.2 Å². The number of hydrogen-bond acceptors (Lipinski definition) is 4. The number of Topliss-reactive ketones (excluding diaryl/α,β-unsaturated/α-hetero) is 1. The third-order valence-electron chi connectivity index (χ3n) is 4.88. The number of benzene rings is 1. The number of methoxy groups -OCH3 is 1. The van der Waals surface area contributed by atoms with Gasteiger partial charge in [0.25, 0.3) is 5.69 Å². The molecule has 0 heterocycles. The lowest BCUT2D eigenvalue weighted by Crippen LogP contribution is -2.35. The van der Waals surface area contributed by atoms with Crippen LogP contribution in [-0.2, 0) is 11.2 Å². The van der Waals surface area contributed by atoms with Crippen LogP contribution in [0.25, 0.3) is 0 Å². The monoisotopic (exact) mass is 293 g/mol. The van der Waals surface area contributed by atoms with Gasteiger partial charge in [-0.3, -0.25) is 14.9 Å². The summed E-state index contributed by atoms with van der Waals surface area (Å²) in [7, 11) is 1.64. The molecule has 1 fully saturated rings. The Labute approximate surface area is 121 Å². The van der Waals surface area contributed by atoms with Gasteiger partial charge < -0.3 is 4.74 Å². The maximum absolute atomic E-state index is 14.0. The van der Waals surface area contributed by atoms with Crippen LogP contribution in [0.4, 0.5) is 10.1 Å². The van der Waals surface area contributed by atoms with Crippen LogP contribution in [0.5, 0.6) is 0 Å².